The van der Waals surface area contributed by atoms with Gasteiger partial charge in [-0.1, -0.05) is 70.5 Å². The van der Waals surface area contributed by atoms with E-state index in [9.17, 15) is 30.0 Å². The molecule has 3 aromatic rings. The molecule has 1 aliphatic heterocycles. The molecular formula is C29H32N2O7S3. The van der Waals surface area contributed by atoms with Crippen molar-refractivity contribution < 1.29 is 30.0 Å². The van der Waals surface area contributed by atoms with Crippen LogP contribution in [0.2, 0.25) is 0 Å². The zero-order valence-corrected chi connectivity index (χ0v) is 25.3. The average Bonchev–Trinajstić information content (AvgIpc) is 3.15. The van der Waals surface area contributed by atoms with Crippen molar-refractivity contribution in [3.8, 4) is 0 Å². The number of hydrogen-bond acceptors (Lipinski definition) is 7. The fourth-order valence-electron chi connectivity index (χ4n) is 5.60. The van der Waals surface area contributed by atoms with Gasteiger partial charge in [0, 0.05) is 0 Å². The third-order valence-corrected chi connectivity index (χ3v) is 14.0. The lowest BCUT2D eigenvalue weighted by Gasteiger charge is -2.38. The molecule has 0 N–H and O–H groups in total. The van der Waals surface area contributed by atoms with Gasteiger partial charge in [0.25, 0.3) is 36.0 Å². The summed E-state index contributed by atoms with van der Waals surface area (Å²) in [5, 5.41) is 0. The van der Waals surface area contributed by atoms with Crippen LogP contribution in [-0.4, -0.2) is 51.8 Å². The first-order chi connectivity index (χ1) is 19.3. The van der Waals surface area contributed by atoms with Gasteiger partial charge in [-0.2, -0.15) is 0 Å². The molecule has 3 aromatic carbocycles. The van der Waals surface area contributed by atoms with Gasteiger partial charge < -0.3 is 0 Å². The minimum absolute atomic E-state index is 0.0114. The molecule has 9 nitrogen and oxygen atoms in total. The number of aryl methyl sites for hydroxylation is 2. The Morgan fingerprint density at radius 3 is 1.76 bits per heavy atom. The van der Waals surface area contributed by atoms with Crippen LogP contribution in [0.3, 0.4) is 0 Å². The molecule has 12 heteroatoms. The Morgan fingerprint density at radius 1 is 0.780 bits per heavy atom. The standard InChI is InChI=1S/C29H32N2O7S3/c1-21-12-16-24(17-13-21)39(33,34)30(40(35,36)25-18-14-22(2)15-19-25)20-27(23-8-4-3-5-9-23)31-29(32)26-10-6-7-11-28(26)41(31,37)38/h6-7,10-19,23,27H,3-5,8-9,20H2,1-2H3. The van der Waals surface area contributed by atoms with Gasteiger partial charge in [-0.25, -0.2) is 29.6 Å². The number of rotatable bonds is 8. The molecule has 0 spiro atoms. The summed E-state index contributed by atoms with van der Waals surface area (Å²) in [6, 6.07) is 16.1. The van der Waals surface area contributed by atoms with Crippen LogP contribution in [0.15, 0.2) is 87.5 Å². The highest BCUT2D eigenvalue weighted by atomic mass is 32.3. The minimum atomic E-state index is -4.71. The number of carbonyl (C=O) groups excluding carboxylic acids is 1. The molecule has 41 heavy (non-hydrogen) atoms. The Bertz CT molecular complexity index is 1700. The summed E-state index contributed by atoms with van der Waals surface area (Å²) in [7, 11) is -13.8. The van der Waals surface area contributed by atoms with E-state index in [2.05, 4.69) is 0 Å². The summed E-state index contributed by atoms with van der Waals surface area (Å²) >= 11 is 0. The monoisotopic (exact) mass is 616 g/mol. The molecule has 1 fully saturated rings. The quantitative estimate of drug-likeness (QED) is 0.365. The van der Waals surface area contributed by atoms with Gasteiger partial charge in [0.05, 0.1) is 27.9 Å². The first kappa shape index (κ1) is 29.4. The predicted molar refractivity (Wildman–Crippen MR) is 154 cm³/mol. The van der Waals surface area contributed by atoms with Crippen molar-refractivity contribution in [3.63, 3.8) is 0 Å². The Morgan fingerprint density at radius 2 is 1.27 bits per heavy atom. The number of amides is 1. The molecule has 1 aliphatic carbocycles. The SMILES string of the molecule is Cc1ccc(S(=O)(=O)N(CC(C2CCCCC2)N2C(=O)c3ccccc3S2(=O)=O)S(=O)(=O)c2ccc(C)cc2)cc1. The fraction of sp³-hybridized carbons (Fsp3) is 0.345. The molecule has 1 amide bonds. The maximum Gasteiger partial charge on any atom is 0.269 e. The van der Waals surface area contributed by atoms with Gasteiger partial charge in [-0.3, -0.25) is 4.79 Å². The molecule has 1 saturated carbocycles. The van der Waals surface area contributed by atoms with E-state index in [-0.39, 0.29) is 20.2 Å². The van der Waals surface area contributed by atoms with E-state index in [0.29, 0.717) is 16.6 Å². The lowest BCUT2D eigenvalue weighted by molar-refractivity contribution is 0.0766. The molecular weight excluding hydrogens is 585 g/mol. The van der Waals surface area contributed by atoms with Crippen LogP contribution < -0.4 is 0 Å². The summed E-state index contributed by atoms with van der Waals surface area (Å²) in [6.45, 7) is 2.81. The average molecular weight is 617 g/mol. The summed E-state index contributed by atoms with van der Waals surface area (Å²) in [5.41, 5.74) is 1.55. The van der Waals surface area contributed by atoms with E-state index in [1.165, 1.54) is 42.5 Å². The number of nitrogens with zero attached hydrogens (tertiary/aromatic N) is 2. The lowest BCUT2D eigenvalue weighted by atomic mass is 9.83. The highest BCUT2D eigenvalue weighted by molar-refractivity contribution is 8.04. The Labute approximate surface area is 242 Å². The zero-order valence-electron chi connectivity index (χ0n) is 22.8. The maximum atomic E-state index is 14.1. The summed E-state index contributed by atoms with van der Waals surface area (Å²) in [5.74, 6) is -1.21. The number of carbonyl (C=O) groups is 1. The van der Waals surface area contributed by atoms with Crippen molar-refractivity contribution in [1.82, 2.24) is 8.02 Å². The van der Waals surface area contributed by atoms with Crippen LogP contribution in [0, 0.1) is 19.8 Å². The molecule has 1 heterocycles. The van der Waals surface area contributed by atoms with E-state index < -0.39 is 54.5 Å². The van der Waals surface area contributed by atoms with Gasteiger partial charge >= 0.3 is 0 Å². The first-order valence-corrected chi connectivity index (χ1v) is 17.8. The van der Waals surface area contributed by atoms with Crippen molar-refractivity contribution in [2.24, 2.45) is 5.92 Å². The van der Waals surface area contributed by atoms with Crippen molar-refractivity contribution in [3.05, 3.63) is 89.5 Å². The van der Waals surface area contributed by atoms with Gasteiger partial charge in [0.1, 0.15) is 4.90 Å². The highest BCUT2D eigenvalue weighted by Crippen LogP contribution is 2.39. The third-order valence-electron chi connectivity index (χ3n) is 7.86. The molecule has 1 atom stereocenters. The number of benzene rings is 3. The van der Waals surface area contributed by atoms with Gasteiger partial charge in [-0.05, 0) is 69.0 Å². The van der Waals surface area contributed by atoms with Crippen molar-refractivity contribution in [1.29, 1.82) is 0 Å². The normalized spacial score (nSPS) is 18.4. The molecule has 2 aliphatic rings. The largest absolute Gasteiger partial charge is 0.269 e. The van der Waals surface area contributed by atoms with E-state index in [4.69, 9.17) is 0 Å². The Hall–Kier alpha value is -3.06. The predicted octanol–water partition coefficient (Wildman–Crippen LogP) is 4.48. The fourth-order valence-corrected chi connectivity index (χ4v) is 11.1. The molecule has 5 rings (SSSR count). The first-order valence-electron chi connectivity index (χ1n) is 13.4. The Balaban J connectivity index is 1.68. The zero-order chi connectivity index (χ0) is 29.6. The molecule has 0 aromatic heterocycles. The molecule has 0 bridgehead atoms. The molecule has 0 radical (unpaired) electrons. The van der Waals surface area contributed by atoms with E-state index in [1.54, 1.807) is 44.2 Å². The number of hydrogen-bond donors (Lipinski definition) is 0. The van der Waals surface area contributed by atoms with Gasteiger partial charge in [0.2, 0.25) is 0 Å². The van der Waals surface area contributed by atoms with Gasteiger partial charge in [0.15, 0.2) is 0 Å². The number of fused-ring (bicyclic) bond motifs is 1. The Kier molecular flexibility index (Phi) is 7.88. The molecule has 218 valence electrons. The molecule has 0 saturated heterocycles. The third kappa shape index (κ3) is 5.33. The maximum absolute atomic E-state index is 14.1. The second kappa shape index (κ2) is 11.0. The van der Waals surface area contributed by atoms with E-state index in [1.807, 2.05) is 0 Å². The van der Waals surface area contributed by atoms with Crippen LogP contribution >= 0.6 is 0 Å². The summed E-state index contributed by atoms with van der Waals surface area (Å²) in [4.78, 5) is 13.0. The summed E-state index contributed by atoms with van der Waals surface area (Å²) in [6.07, 6.45) is 3.49. The van der Waals surface area contributed by atoms with Crippen LogP contribution in [0.5, 0.6) is 0 Å². The van der Waals surface area contributed by atoms with E-state index in [0.717, 1.165) is 34.7 Å². The lowest BCUT2D eigenvalue weighted by Crippen LogP contribution is -2.53. The topological polar surface area (TPSA) is 126 Å². The van der Waals surface area contributed by atoms with Crippen molar-refractivity contribution >= 4 is 36.0 Å². The number of sulfonamides is 3. The van der Waals surface area contributed by atoms with Crippen LogP contribution in [-0.2, 0) is 30.1 Å². The van der Waals surface area contributed by atoms with Gasteiger partial charge in [-0.15, -0.1) is 0 Å². The molecule has 1 unspecified atom stereocenters. The van der Waals surface area contributed by atoms with Crippen LogP contribution in [0.4, 0.5) is 0 Å². The van der Waals surface area contributed by atoms with Crippen LogP contribution in [0.1, 0.15) is 53.6 Å². The highest BCUT2D eigenvalue weighted by Gasteiger charge is 2.50. The smallest absolute Gasteiger partial charge is 0.268 e. The minimum Gasteiger partial charge on any atom is -0.268 e. The van der Waals surface area contributed by atoms with Crippen LogP contribution in [0.25, 0.3) is 0 Å². The second-order valence-electron chi connectivity index (χ2n) is 10.7. The second-order valence-corrected chi connectivity index (χ2v) is 16.4. The van der Waals surface area contributed by atoms with Crippen molar-refractivity contribution in [2.45, 2.75) is 66.7 Å². The van der Waals surface area contributed by atoms with Crippen molar-refractivity contribution in [2.75, 3.05) is 6.54 Å². The van der Waals surface area contributed by atoms with E-state index >= 15 is 0 Å². The summed E-state index contributed by atoms with van der Waals surface area (Å²) < 4.78 is 85.1.